The van der Waals surface area contributed by atoms with Gasteiger partial charge < -0.3 is 10.0 Å². The van der Waals surface area contributed by atoms with Crippen molar-refractivity contribution in [2.75, 3.05) is 6.54 Å². The number of phenolic OH excluding ortho intramolecular Hbond substituents is 1. The first kappa shape index (κ1) is 12.7. The third-order valence-electron chi connectivity index (χ3n) is 3.70. The highest BCUT2D eigenvalue weighted by molar-refractivity contribution is 5.80. The van der Waals surface area contributed by atoms with Gasteiger partial charge in [-0.3, -0.25) is 4.79 Å². The molecule has 1 amide bonds. The van der Waals surface area contributed by atoms with E-state index in [-0.39, 0.29) is 17.7 Å². The van der Waals surface area contributed by atoms with E-state index in [4.69, 9.17) is 0 Å². The van der Waals surface area contributed by atoms with Gasteiger partial charge in [-0.05, 0) is 36.6 Å². The van der Waals surface area contributed by atoms with E-state index in [0.29, 0.717) is 13.1 Å². The van der Waals surface area contributed by atoms with Gasteiger partial charge in [0.15, 0.2) is 0 Å². The predicted octanol–water partition coefficient (Wildman–Crippen LogP) is 1.13. The molecule has 1 aliphatic heterocycles. The molecule has 2 aromatic rings. The normalized spacial score (nSPS) is 15.8. The molecule has 1 unspecified atom stereocenters. The maximum atomic E-state index is 12.5. The predicted molar refractivity (Wildman–Crippen MR) is 72.0 cm³/mol. The summed E-state index contributed by atoms with van der Waals surface area (Å²) >= 11 is 0. The Balaban J connectivity index is 1.78. The summed E-state index contributed by atoms with van der Waals surface area (Å²) < 4.78 is 1.56. The van der Waals surface area contributed by atoms with E-state index in [0.717, 1.165) is 12.0 Å². The molecule has 1 atom stereocenters. The standard InChI is InChI=1S/C14H16N4O2/c1-10(18-9-15-8-16-18)14(20)17-5-4-11-2-3-13(19)6-12(11)7-17/h2-3,6,8-10,19H,4-5,7H2,1H3. The second-order valence-corrected chi connectivity index (χ2v) is 5.01. The monoisotopic (exact) mass is 272 g/mol. The lowest BCUT2D eigenvalue weighted by molar-refractivity contribution is -0.135. The molecule has 0 radical (unpaired) electrons. The number of aromatic hydroxyl groups is 1. The number of nitrogens with zero attached hydrogens (tertiary/aromatic N) is 4. The number of amides is 1. The van der Waals surface area contributed by atoms with Gasteiger partial charge in [-0.1, -0.05) is 6.07 Å². The van der Waals surface area contributed by atoms with Crippen LogP contribution < -0.4 is 0 Å². The molecule has 3 rings (SSSR count). The Kier molecular flexibility index (Phi) is 3.14. The summed E-state index contributed by atoms with van der Waals surface area (Å²) in [7, 11) is 0. The second-order valence-electron chi connectivity index (χ2n) is 5.01. The largest absolute Gasteiger partial charge is 0.508 e. The topological polar surface area (TPSA) is 71.2 Å². The third kappa shape index (κ3) is 2.24. The first-order valence-corrected chi connectivity index (χ1v) is 6.59. The fraction of sp³-hybridized carbons (Fsp3) is 0.357. The average Bonchev–Trinajstić information content (AvgIpc) is 2.99. The van der Waals surface area contributed by atoms with Crippen molar-refractivity contribution < 1.29 is 9.90 Å². The van der Waals surface area contributed by atoms with Crippen LogP contribution in [-0.2, 0) is 17.8 Å². The van der Waals surface area contributed by atoms with Crippen LogP contribution in [-0.4, -0.2) is 37.2 Å². The zero-order valence-corrected chi connectivity index (χ0v) is 11.2. The molecule has 1 aromatic heterocycles. The van der Waals surface area contributed by atoms with Gasteiger partial charge in [0.2, 0.25) is 5.91 Å². The first-order chi connectivity index (χ1) is 9.65. The van der Waals surface area contributed by atoms with E-state index in [1.165, 1.54) is 11.9 Å². The summed E-state index contributed by atoms with van der Waals surface area (Å²) in [5, 5.41) is 13.6. The molecule has 2 heterocycles. The Morgan fingerprint density at radius 2 is 2.25 bits per heavy atom. The summed E-state index contributed by atoms with van der Waals surface area (Å²) in [4.78, 5) is 18.1. The van der Waals surface area contributed by atoms with Gasteiger partial charge in [-0.25, -0.2) is 9.67 Å². The van der Waals surface area contributed by atoms with Crippen LogP contribution in [0.4, 0.5) is 0 Å². The fourth-order valence-corrected chi connectivity index (χ4v) is 2.53. The maximum Gasteiger partial charge on any atom is 0.247 e. The molecular weight excluding hydrogens is 256 g/mol. The van der Waals surface area contributed by atoms with Crippen molar-refractivity contribution in [2.45, 2.75) is 25.9 Å². The zero-order valence-electron chi connectivity index (χ0n) is 11.2. The quantitative estimate of drug-likeness (QED) is 0.889. The van der Waals surface area contributed by atoms with Crippen LogP contribution >= 0.6 is 0 Å². The minimum Gasteiger partial charge on any atom is -0.508 e. The molecule has 1 aliphatic rings. The molecule has 0 spiro atoms. The van der Waals surface area contributed by atoms with Crippen molar-refractivity contribution in [3.05, 3.63) is 42.0 Å². The number of rotatable bonds is 2. The van der Waals surface area contributed by atoms with Crippen molar-refractivity contribution in [3.8, 4) is 5.75 Å². The van der Waals surface area contributed by atoms with E-state index in [9.17, 15) is 9.90 Å². The smallest absolute Gasteiger partial charge is 0.247 e. The summed E-state index contributed by atoms with van der Waals surface area (Å²) in [5.74, 6) is 0.256. The minimum atomic E-state index is -0.364. The molecule has 0 saturated heterocycles. The summed E-state index contributed by atoms with van der Waals surface area (Å²) in [6.45, 7) is 3.03. The lowest BCUT2D eigenvalue weighted by Gasteiger charge is -2.30. The number of hydrogen-bond acceptors (Lipinski definition) is 4. The van der Waals surface area contributed by atoms with Crippen LogP contribution in [0.5, 0.6) is 5.75 Å². The van der Waals surface area contributed by atoms with Gasteiger partial charge >= 0.3 is 0 Å². The van der Waals surface area contributed by atoms with Crippen LogP contribution in [0, 0.1) is 0 Å². The molecule has 6 nitrogen and oxygen atoms in total. The highest BCUT2D eigenvalue weighted by atomic mass is 16.3. The van der Waals surface area contributed by atoms with E-state index < -0.39 is 0 Å². The van der Waals surface area contributed by atoms with Crippen LogP contribution in [0.3, 0.4) is 0 Å². The Morgan fingerprint density at radius 1 is 1.40 bits per heavy atom. The molecule has 0 fully saturated rings. The second kappa shape index (κ2) is 4.96. The Labute approximate surface area is 116 Å². The van der Waals surface area contributed by atoms with Gasteiger partial charge in [0, 0.05) is 13.1 Å². The van der Waals surface area contributed by atoms with Crippen LogP contribution in [0.2, 0.25) is 0 Å². The minimum absolute atomic E-state index is 0.0180. The lowest BCUT2D eigenvalue weighted by atomic mass is 9.99. The SMILES string of the molecule is CC(C(=O)N1CCc2ccc(O)cc2C1)n1cncn1. The molecular formula is C14H16N4O2. The van der Waals surface area contributed by atoms with Gasteiger partial charge in [0.25, 0.3) is 0 Å². The molecule has 1 N–H and O–H groups in total. The molecule has 0 aliphatic carbocycles. The number of aromatic nitrogens is 3. The van der Waals surface area contributed by atoms with Crippen molar-refractivity contribution in [1.29, 1.82) is 0 Å². The maximum absolute atomic E-state index is 12.5. The van der Waals surface area contributed by atoms with Crippen molar-refractivity contribution in [2.24, 2.45) is 0 Å². The van der Waals surface area contributed by atoms with Gasteiger partial charge in [0.05, 0.1) is 0 Å². The number of fused-ring (bicyclic) bond motifs is 1. The van der Waals surface area contributed by atoms with Gasteiger partial charge in [-0.2, -0.15) is 5.10 Å². The van der Waals surface area contributed by atoms with Gasteiger partial charge in [-0.15, -0.1) is 0 Å². The summed E-state index contributed by atoms with van der Waals surface area (Å²) in [6.07, 6.45) is 3.78. The number of carbonyl (C=O) groups is 1. The highest BCUT2D eigenvalue weighted by Gasteiger charge is 2.26. The van der Waals surface area contributed by atoms with Gasteiger partial charge in [0.1, 0.15) is 24.4 Å². The van der Waals surface area contributed by atoms with Crippen molar-refractivity contribution in [1.82, 2.24) is 19.7 Å². The van der Waals surface area contributed by atoms with Crippen LogP contribution in [0.15, 0.2) is 30.9 Å². The van der Waals surface area contributed by atoms with E-state index in [2.05, 4.69) is 10.1 Å². The fourth-order valence-electron chi connectivity index (χ4n) is 2.53. The van der Waals surface area contributed by atoms with Crippen LogP contribution in [0.25, 0.3) is 0 Å². The zero-order chi connectivity index (χ0) is 14.1. The molecule has 104 valence electrons. The molecule has 0 bridgehead atoms. The Hall–Kier alpha value is -2.37. The molecule has 0 saturated carbocycles. The van der Waals surface area contributed by atoms with Crippen LogP contribution in [0.1, 0.15) is 24.1 Å². The van der Waals surface area contributed by atoms with Crippen molar-refractivity contribution in [3.63, 3.8) is 0 Å². The Morgan fingerprint density at radius 3 is 3.00 bits per heavy atom. The number of hydrogen-bond donors (Lipinski definition) is 1. The average molecular weight is 272 g/mol. The molecule has 20 heavy (non-hydrogen) atoms. The number of phenols is 1. The number of carbonyl (C=O) groups excluding carboxylic acids is 1. The molecule has 1 aromatic carbocycles. The third-order valence-corrected chi connectivity index (χ3v) is 3.70. The van der Waals surface area contributed by atoms with E-state index in [1.54, 1.807) is 28.0 Å². The molecule has 6 heteroatoms. The van der Waals surface area contributed by atoms with E-state index in [1.807, 2.05) is 13.0 Å². The lowest BCUT2D eigenvalue weighted by Crippen LogP contribution is -2.39. The highest BCUT2D eigenvalue weighted by Crippen LogP contribution is 2.24. The summed E-state index contributed by atoms with van der Waals surface area (Å²) in [6, 6.07) is 4.98. The first-order valence-electron chi connectivity index (χ1n) is 6.59. The van der Waals surface area contributed by atoms with Crippen molar-refractivity contribution >= 4 is 5.91 Å². The summed E-state index contributed by atoms with van der Waals surface area (Å²) in [5.41, 5.74) is 2.20. The Bertz CT molecular complexity index is 624. The van der Waals surface area contributed by atoms with E-state index >= 15 is 0 Å². The number of benzene rings is 1.